The third kappa shape index (κ3) is 2.40. The van der Waals surface area contributed by atoms with Gasteiger partial charge in [-0.3, -0.25) is 4.79 Å². The predicted octanol–water partition coefficient (Wildman–Crippen LogP) is 5.60. The highest BCUT2D eigenvalue weighted by Gasteiger charge is 2.58. The predicted molar refractivity (Wildman–Crippen MR) is 94.2 cm³/mol. The molecule has 0 heterocycles. The Morgan fingerprint density at radius 3 is 2.61 bits per heavy atom. The Labute approximate surface area is 141 Å². The van der Waals surface area contributed by atoms with E-state index in [1.165, 1.54) is 29.6 Å². The lowest BCUT2D eigenvalue weighted by Gasteiger charge is -2.49. The average Bonchev–Trinajstić information content (AvgIpc) is 2.69. The highest BCUT2D eigenvalue weighted by Crippen LogP contribution is 2.64. The molecule has 0 aromatic rings. The molecule has 3 rings (SSSR count). The summed E-state index contributed by atoms with van der Waals surface area (Å²) in [5.41, 5.74) is 3.99. The van der Waals surface area contributed by atoms with Crippen LogP contribution in [-0.4, -0.2) is 11.1 Å². The number of carbonyl (C=O) groups is 1. The molecule has 4 atom stereocenters. The number of rotatable bonds is 2. The maximum absolute atomic E-state index is 12.4. The van der Waals surface area contributed by atoms with Gasteiger partial charge < -0.3 is 5.11 Å². The summed E-state index contributed by atoms with van der Waals surface area (Å²) >= 11 is 0. The van der Waals surface area contributed by atoms with Gasteiger partial charge in [0.2, 0.25) is 0 Å². The minimum Gasteiger partial charge on any atom is -0.481 e. The molecular formula is C21H32O2. The van der Waals surface area contributed by atoms with Crippen molar-refractivity contribution >= 4 is 5.97 Å². The lowest BCUT2D eigenvalue weighted by molar-refractivity contribution is -0.149. The summed E-state index contributed by atoms with van der Waals surface area (Å²) in [6.07, 6.45) is 8.53. The van der Waals surface area contributed by atoms with E-state index in [2.05, 4.69) is 40.7 Å². The van der Waals surface area contributed by atoms with Crippen LogP contribution in [0.2, 0.25) is 0 Å². The molecule has 1 unspecified atom stereocenters. The Balaban J connectivity index is 2.18. The minimum absolute atomic E-state index is 0.271. The summed E-state index contributed by atoms with van der Waals surface area (Å²) in [6.45, 7) is 11.4. The molecule has 2 heteroatoms. The molecule has 0 aromatic heterocycles. The van der Waals surface area contributed by atoms with Crippen molar-refractivity contribution in [2.24, 2.45) is 28.6 Å². The van der Waals surface area contributed by atoms with Gasteiger partial charge in [-0.1, -0.05) is 44.9 Å². The van der Waals surface area contributed by atoms with E-state index in [9.17, 15) is 9.90 Å². The standard InChI is InChI=1S/C21H32O2/c1-13(2)17-15(4)12-21(19(22)23)11-10-20(5)9-8-14(3)6-7-16(20)18(17)21/h6,13,15-16H,7-12H2,1-5H3,(H,22,23)/t15?,16-,20-,21-/m1/s1. The van der Waals surface area contributed by atoms with Crippen LogP contribution in [0.4, 0.5) is 0 Å². The molecule has 0 amide bonds. The monoisotopic (exact) mass is 316 g/mol. The van der Waals surface area contributed by atoms with Crippen LogP contribution in [-0.2, 0) is 4.79 Å². The molecule has 128 valence electrons. The normalized spacial score (nSPS) is 40.5. The van der Waals surface area contributed by atoms with E-state index in [1.54, 1.807) is 0 Å². The van der Waals surface area contributed by atoms with Crippen LogP contribution in [0, 0.1) is 28.6 Å². The molecule has 0 aromatic carbocycles. The second kappa shape index (κ2) is 5.50. The Morgan fingerprint density at radius 1 is 1.30 bits per heavy atom. The van der Waals surface area contributed by atoms with E-state index in [-0.39, 0.29) is 5.41 Å². The van der Waals surface area contributed by atoms with Crippen LogP contribution >= 0.6 is 0 Å². The van der Waals surface area contributed by atoms with Gasteiger partial charge in [0.25, 0.3) is 0 Å². The van der Waals surface area contributed by atoms with Crippen LogP contribution in [0.25, 0.3) is 0 Å². The molecule has 1 saturated carbocycles. The fourth-order valence-electron chi connectivity index (χ4n) is 5.87. The number of carboxylic acids is 1. The lowest BCUT2D eigenvalue weighted by atomic mass is 9.54. The van der Waals surface area contributed by atoms with Crippen LogP contribution in [0.3, 0.4) is 0 Å². The average molecular weight is 316 g/mol. The molecular weight excluding hydrogens is 284 g/mol. The molecule has 0 bridgehead atoms. The van der Waals surface area contributed by atoms with Gasteiger partial charge >= 0.3 is 5.97 Å². The number of hydrogen-bond donors (Lipinski definition) is 1. The first-order valence-electron chi connectivity index (χ1n) is 9.35. The van der Waals surface area contributed by atoms with Crippen molar-refractivity contribution in [2.75, 3.05) is 0 Å². The second-order valence-electron chi connectivity index (χ2n) is 9.01. The lowest BCUT2D eigenvalue weighted by Crippen LogP contribution is -2.45. The highest BCUT2D eigenvalue weighted by molar-refractivity contribution is 5.81. The van der Waals surface area contributed by atoms with Crippen LogP contribution in [0.15, 0.2) is 22.8 Å². The van der Waals surface area contributed by atoms with Gasteiger partial charge in [0.1, 0.15) is 0 Å². The Kier molecular flexibility index (Phi) is 4.01. The SMILES string of the molecule is CC1=CC[C@@H]2C3=C(C(C)C)C(C)C[C@]3(C(=O)O)CC[C@@]2(C)CC1. The first kappa shape index (κ1) is 16.8. The van der Waals surface area contributed by atoms with Crippen molar-refractivity contribution in [2.45, 2.75) is 73.1 Å². The molecule has 2 nitrogen and oxygen atoms in total. The summed E-state index contributed by atoms with van der Waals surface area (Å²) in [7, 11) is 0. The second-order valence-corrected chi connectivity index (χ2v) is 9.01. The van der Waals surface area contributed by atoms with Gasteiger partial charge in [-0.05, 0) is 74.2 Å². The van der Waals surface area contributed by atoms with Crippen molar-refractivity contribution in [3.05, 3.63) is 22.8 Å². The van der Waals surface area contributed by atoms with E-state index in [1.807, 2.05) is 0 Å². The molecule has 3 aliphatic rings. The third-order valence-electron chi connectivity index (χ3n) is 7.15. The van der Waals surface area contributed by atoms with Crippen molar-refractivity contribution in [1.82, 2.24) is 0 Å². The van der Waals surface area contributed by atoms with Crippen LogP contribution < -0.4 is 0 Å². The van der Waals surface area contributed by atoms with E-state index < -0.39 is 11.4 Å². The van der Waals surface area contributed by atoms with Crippen molar-refractivity contribution in [3.8, 4) is 0 Å². The van der Waals surface area contributed by atoms with Gasteiger partial charge in [0.05, 0.1) is 5.41 Å². The first-order valence-corrected chi connectivity index (χ1v) is 9.35. The zero-order valence-corrected chi connectivity index (χ0v) is 15.4. The highest BCUT2D eigenvalue weighted by atomic mass is 16.4. The number of fused-ring (bicyclic) bond motifs is 3. The van der Waals surface area contributed by atoms with Crippen molar-refractivity contribution in [1.29, 1.82) is 0 Å². The zero-order chi connectivity index (χ0) is 17.0. The van der Waals surface area contributed by atoms with E-state index in [0.717, 1.165) is 25.7 Å². The molecule has 0 radical (unpaired) electrons. The Hall–Kier alpha value is -1.05. The minimum atomic E-state index is -0.574. The zero-order valence-electron chi connectivity index (χ0n) is 15.4. The molecule has 23 heavy (non-hydrogen) atoms. The fourth-order valence-corrected chi connectivity index (χ4v) is 5.87. The van der Waals surface area contributed by atoms with Crippen molar-refractivity contribution in [3.63, 3.8) is 0 Å². The van der Waals surface area contributed by atoms with E-state index in [0.29, 0.717) is 17.8 Å². The van der Waals surface area contributed by atoms with E-state index >= 15 is 0 Å². The number of carboxylic acid groups (broad SMARTS) is 1. The topological polar surface area (TPSA) is 37.3 Å². The molecule has 1 fully saturated rings. The Bertz CT molecular complexity index is 583. The maximum atomic E-state index is 12.4. The van der Waals surface area contributed by atoms with Crippen LogP contribution in [0.5, 0.6) is 0 Å². The quantitative estimate of drug-likeness (QED) is 0.674. The number of aliphatic carboxylic acids is 1. The van der Waals surface area contributed by atoms with E-state index in [4.69, 9.17) is 0 Å². The summed E-state index contributed by atoms with van der Waals surface area (Å²) in [5.74, 6) is 0.725. The smallest absolute Gasteiger partial charge is 0.313 e. The van der Waals surface area contributed by atoms with Crippen LogP contribution in [0.1, 0.15) is 73.1 Å². The van der Waals surface area contributed by atoms with Gasteiger partial charge in [0, 0.05) is 0 Å². The number of hydrogen-bond acceptors (Lipinski definition) is 1. The molecule has 1 N–H and O–H groups in total. The molecule has 0 saturated heterocycles. The molecule has 0 aliphatic heterocycles. The van der Waals surface area contributed by atoms with Gasteiger partial charge in [-0.25, -0.2) is 0 Å². The maximum Gasteiger partial charge on any atom is 0.313 e. The summed E-state index contributed by atoms with van der Waals surface area (Å²) in [6, 6.07) is 0. The van der Waals surface area contributed by atoms with Gasteiger partial charge in [-0.15, -0.1) is 0 Å². The van der Waals surface area contributed by atoms with Gasteiger partial charge in [0.15, 0.2) is 0 Å². The largest absolute Gasteiger partial charge is 0.481 e. The summed E-state index contributed by atoms with van der Waals surface area (Å²) < 4.78 is 0. The van der Waals surface area contributed by atoms with Crippen molar-refractivity contribution < 1.29 is 9.90 Å². The molecule has 3 aliphatic carbocycles. The number of allylic oxidation sites excluding steroid dienone is 3. The Morgan fingerprint density at radius 2 is 2.00 bits per heavy atom. The summed E-state index contributed by atoms with van der Waals surface area (Å²) in [5, 5.41) is 10.2. The third-order valence-corrected chi connectivity index (χ3v) is 7.15. The summed E-state index contributed by atoms with van der Waals surface area (Å²) in [4.78, 5) is 12.4. The fraction of sp³-hybridized carbons (Fsp3) is 0.762. The first-order chi connectivity index (χ1) is 10.7. The molecule has 0 spiro atoms. The van der Waals surface area contributed by atoms with Gasteiger partial charge in [-0.2, -0.15) is 0 Å².